The van der Waals surface area contributed by atoms with Crippen LogP contribution in [0.2, 0.25) is 0 Å². The van der Waals surface area contributed by atoms with Crippen molar-refractivity contribution in [3.05, 3.63) is 12.3 Å². The van der Waals surface area contributed by atoms with Gasteiger partial charge in [-0.3, -0.25) is 4.99 Å². The van der Waals surface area contributed by atoms with Gasteiger partial charge in [-0.2, -0.15) is 0 Å². The number of hydrogen-bond donors (Lipinski definition) is 3. The fourth-order valence-corrected chi connectivity index (χ4v) is 0.692. The summed E-state index contributed by atoms with van der Waals surface area (Å²) in [6, 6.07) is 0. The molecule has 0 radical (unpaired) electrons. The van der Waals surface area contributed by atoms with Crippen molar-refractivity contribution >= 4 is 6.72 Å². The number of nitrogens with two attached hydrogens (primary N) is 1. The molecule has 4 nitrogen and oxygen atoms in total. The summed E-state index contributed by atoms with van der Waals surface area (Å²) in [4.78, 5) is 3.68. The molecule has 0 unspecified atom stereocenters. The van der Waals surface area contributed by atoms with Crippen molar-refractivity contribution in [2.24, 2.45) is 10.7 Å². The highest BCUT2D eigenvalue weighted by Crippen LogP contribution is 1.84. The fraction of sp³-hybridized carbons (Fsp3) is 0.625. The maximum atomic E-state index is 5.29. The Hall–Kier alpha value is -0.710. The summed E-state index contributed by atoms with van der Waals surface area (Å²) >= 11 is 0. The number of rotatable bonds is 8. The zero-order valence-electron chi connectivity index (χ0n) is 7.47. The van der Waals surface area contributed by atoms with E-state index in [1.165, 1.54) is 0 Å². The maximum Gasteiger partial charge on any atom is 0.0462 e. The monoisotopic (exact) mass is 170 g/mol. The van der Waals surface area contributed by atoms with Gasteiger partial charge in [0.2, 0.25) is 0 Å². The number of nitrogens with one attached hydrogen (secondary N) is 2. The van der Waals surface area contributed by atoms with Gasteiger partial charge in [-0.15, -0.1) is 0 Å². The molecule has 0 heterocycles. The van der Waals surface area contributed by atoms with Crippen LogP contribution in [0, 0.1) is 0 Å². The number of nitrogens with zero attached hydrogens (tertiary/aromatic N) is 1. The molecule has 0 bridgehead atoms. The van der Waals surface area contributed by atoms with E-state index in [1.807, 2.05) is 0 Å². The summed E-state index contributed by atoms with van der Waals surface area (Å²) in [5, 5.41) is 6.32. The predicted octanol–water partition coefficient (Wildman–Crippen LogP) is -0.661. The fourth-order valence-electron chi connectivity index (χ4n) is 0.692. The Bertz CT molecular complexity index is 133. The molecule has 0 aromatic carbocycles. The van der Waals surface area contributed by atoms with Crippen molar-refractivity contribution in [3.8, 4) is 0 Å². The lowest BCUT2D eigenvalue weighted by Gasteiger charge is -2.04. The first kappa shape index (κ1) is 11.3. The Kier molecular flexibility index (Phi) is 7.89. The average molecular weight is 170 g/mol. The lowest BCUT2D eigenvalue weighted by molar-refractivity contribution is 0.633. The predicted molar refractivity (Wildman–Crippen MR) is 53.5 cm³/mol. The van der Waals surface area contributed by atoms with E-state index < -0.39 is 0 Å². The Morgan fingerprint density at radius 3 is 2.50 bits per heavy atom. The molecule has 0 aliphatic rings. The van der Waals surface area contributed by atoms with E-state index in [9.17, 15) is 0 Å². The molecular weight excluding hydrogens is 152 g/mol. The smallest absolute Gasteiger partial charge is 0.0462 e. The van der Waals surface area contributed by atoms with Gasteiger partial charge in [-0.1, -0.05) is 6.58 Å². The van der Waals surface area contributed by atoms with Crippen LogP contribution in [0.5, 0.6) is 0 Å². The summed E-state index contributed by atoms with van der Waals surface area (Å²) in [6.07, 6.45) is 0. The van der Waals surface area contributed by atoms with Gasteiger partial charge in [0.1, 0.15) is 0 Å². The van der Waals surface area contributed by atoms with Gasteiger partial charge in [0.15, 0.2) is 0 Å². The van der Waals surface area contributed by atoms with E-state index in [-0.39, 0.29) is 0 Å². The molecule has 0 aliphatic carbocycles. The van der Waals surface area contributed by atoms with Crippen molar-refractivity contribution in [2.75, 3.05) is 32.7 Å². The Morgan fingerprint density at radius 1 is 1.25 bits per heavy atom. The first-order valence-corrected chi connectivity index (χ1v) is 4.07. The molecule has 0 rings (SSSR count). The second-order valence-corrected chi connectivity index (χ2v) is 2.44. The van der Waals surface area contributed by atoms with Crippen molar-refractivity contribution in [1.29, 1.82) is 0 Å². The third kappa shape index (κ3) is 7.40. The van der Waals surface area contributed by atoms with Crippen molar-refractivity contribution in [2.45, 2.75) is 0 Å². The third-order valence-electron chi connectivity index (χ3n) is 1.35. The number of hydrogen-bond acceptors (Lipinski definition) is 4. The Morgan fingerprint density at radius 2 is 1.92 bits per heavy atom. The molecule has 0 atom stereocenters. The molecule has 0 aliphatic heterocycles. The molecule has 0 spiro atoms. The standard InChI is InChI=1S/C8H18N4/c1-8(10-2)7-12-6-5-11-4-3-9/h11-12H,1-7,9H2. The van der Waals surface area contributed by atoms with Crippen LogP contribution < -0.4 is 16.4 Å². The lowest BCUT2D eigenvalue weighted by Crippen LogP contribution is -2.31. The van der Waals surface area contributed by atoms with Gasteiger partial charge >= 0.3 is 0 Å². The van der Waals surface area contributed by atoms with E-state index in [2.05, 4.69) is 28.9 Å². The van der Waals surface area contributed by atoms with Crippen LogP contribution in [0.3, 0.4) is 0 Å². The Labute approximate surface area is 73.9 Å². The molecule has 0 saturated heterocycles. The first-order valence-electron chi connectivity index (χ1n) is 4.07. The average Bonchev–Trinajstić information content (AvgIpc) is 2.10. The molecule has 0 saturated carbocycles. The van der Waals surface area contributed by atoms with Gasteiger partial charge in [0.25, 0.3) is 0 Å². The van der Waals surface area contributed by atoms with Gasteiger partial charge in [-0.25, -0.2) is 0 Å². The third-order valence-corrected chi connectivity index (χ3v) is 1.35. The molecule has 0 fully saturated rings. The zero-order valence-corrected chi connectivity index (χ0v) is 7.47. The van der Waals surface area contributed by atoms with E-state index in [0.717, 1.165) is 25.3 Å². The quantitative estimate of drug-likeness (QED) is 0.335. The molecule has 12 heavy (non-hydrogen) atoms. The second kappa shape index (κ2) is 8.39. The van der Waals surface area contributed by atoms with Gasteiger partial charge < -0.3 is 16.4 Å². The summed E-state index contributed by atoms with van der Waals surface area (Å²) < 4.78 is 0. The topological polar surface area (TPSA) is 62.4 Å². The van der Waals surface area contributed by atoms with Gasteiger partial charge in [-0.05, 0) is 6.72 Å². The minimum atomic E-state index is 0.681. The molecule has 0 aromatic heterocycles. The normalized spacial score (nSPS) is 9.75. The summed E-state index contributed by atoms with van der Waals surface area (Å²) in [5.41, 5.74) is 6.06. The van der Waals surface area contributed by atoms with Crippen LogP contribution in [0.1, 0.15) is 0 Å². The zero-order chi connectivity index (χ0) is 9.23. The molecule has 0 aromatic rings. The van der Waals surface area contributed by atoms with E-state index in [4.69, 9.17) is 5.73 Å². The van der Waals surface area contributed by atoms with Crippen molar-refractivity contribution in [1.82, 2.24) is 10.6 Å². The molecule has 70 valence electrons. The second-order valence-electron chi connectivity index (χ2n) is 2.44. The molecule has 0 amide bonds. The van der Waals surface area contributed by atoms with Crippen LogP contribution in [-0.4, -0.2) is 39.4 Å². The van der Waals surface area contributed by atoms with Crippen molar-refractivity contribution in [3.63, 3.8) is 0 Å². The van der Waals surface area contributed by atoms with Crippen LogP contribution >= 0.6 is 0 Å². The Balaban J connectivity index is 3.00. The molecule has 4 N–H and O–H groups in total. The van der Waals surface area contributed by atoms with Crippen LogP contribution in [-0.2, 0) is 0 Å². The van der Waals surface area contributed by atoms with E-state index in [1.54, 1.807) is 0 Å². The summed E-state index contributed by atoms with van der Waals surface area (Å²) in [5.74, 6) is 0. The molecule has 4 heteroatoms. The summed E-state index contributed by atoms with van der Waals surface area (Å²) in [6.45, 7) is 11.1. The lowest BCUT2D eigenvalue weighted by atomic mass is 10.5. The van der Waals surface area contributed by atoms with E-state index >= 15 is 0 Å². The molecular formula is C8H18N4. The number of aliphatic imine (C=N–C) groups is 1. The van der Waals surface area contributed by atoms with Gasteiger partial charge in [0.05, 0.1) is 0 Å². The van der Waals surface area contributed by atoms with Crippen LogP contribution in [0.4, 0.5) is 0 Å². The minimum absolute atomic E-state index is 0.681. The largest absolute Gasteiger partial charge is 0.329 e. The van der Waals surface area contributed by atoms with E-state index in [0.29, 0.717) is 13.1 Å². The van der Waals surface area contributed by atoms with Crippen molar-refractivity contribution < 1.29 is 0 Å². The highest BCUT2D eigenvalue weighted by molar-refractivity contribution is 5.28. The van der Waals surface area contributed by atoms with Crippen LogP contribution in [0.25, 0.3) is 0 Å². The first-order chi connectivity index (χ1) is 5.81. The summed E-state index contributed by atoms with van der Waals surface area (Å²) in [7, 11) is 0. The van der Waals surface area contributed by atoms with Gasteiger partial charge in [0, 0.05) is 38.4 Å². The SMILES string of the molecule is C=NC(=C)CNCCNCCN. The highest BCUT2D eigenvalue weighted by atomic mass is 15.0. The minimum Gasteiger partial charge on any atom is -0.329 e. The van der Waals surface area contributed by atoms with Crippen LogP contribution in [0.15, 0.2) is 17.3 Å². The highest BCUT2D eigenvalue weighted by Gasteiger charge is 1.88. The maximum absolute atomic E-state index is 5.29.